The molecule has 0 spiro atoms. The van der Waals surface area contributed by atoms with Gasteiger partial charge in [0.25, 0.3) is 5.91 Å². The van der Waals surface area contributed by atoms with Crippen LogP contribution in [0.25, 0.3) is 5.52 Å². The SMILES string of the molecule is CCNC(=O)CNC(=O)c1cc2ccccn2n1. The Labute approximate surface area is 104 Å². The van der Waals surface area contributed by atoms with Crippen molar-refractivity contribution in [3.63, 3.8) is 0 Å². The van der Waals surface area contributed by atoms with Gasteiger partial charge in [-0.3, -0.25) is 9.59 Å². The van der Waals surface area contributed by atoms with E-state index in [9.17, 15) is 9.59 Å². The van der Waals surface area contributed by atoms with E-state index in [1.165, 1.54) is 0 Å². The predicted octanol–water partition coefficient (Wildman–Crippen LogP) is 0.200. The summed E-state index contributed by atoms with van der Waals surface area (Å²) < 4.78 is 1.61. The van der Waals surface area contributed by atoms with Crippen molar-refractivity contribution < 1.29 is 9.59 Å². The number of nitrogens with zero attached hydrogens (tertiary/aromatic N) is 2. The minimum Gasteiger partial charge on any atom is -0.355 e. The molecule has 94 valence electrons. The Morgan fingerprint density at radius 3 is 2.89 bits per heavy atom. The van der Waals surface area contributed by atoms with Gasteiger partial charge < -0.3 is 10.6 Å². The molecule has 0 aliphatic rings. The van der Waals surface area contributed by atoms with E-state index in [-0.39, 0.29) is 18.4 Å². The average molecular weight is 246 g/mol. The van der Waals surface area contributed by atoms with Gasteiger partial charge in [-0.2, -0.15) is 5.10 Å². The molecular weight excluding hydrogens is 232 g/mol. The molecule has 0 saturated heterocycles. The number of carbonyl (C=O) groups is 2. The first-order chi connectivity index (χ1) is 8.70. The van der Waals surface area contributed by atoms with Gasteiger partial charge in [-0.1, -0.05) is 6.07 Å². The summed E-state index contributed by atoms with van der Waals surface area (Å²) in [4.78, 5) is 23.0. The first-order valence-electron chi connectivity index (χ1n) is 5.70. The Morgan fingerprint density at radius 1 is 1.33 bits per heavy atom. The lowest BCUT2D eigenvalue weighted by Crippen LogP contribution is -2.36. The van der Waals surface area contributed by atoms with E-state index in [1.807, 2.05) is 25.1 Å². The van der Waals surface area contributed by atoms with Crippen molar-refractivity contribution in [2.24, 2.45) is 0 Å². The van der Waals surface area contributed by atoms with Crippen LogP contribution in [0.4, 0.5) is 0 Å². The molecule has 0 fully saturated rings. The van der Waals surface area contributed by atoms with Gasteiger partial charge in [0.15, 0.2) is 5.69 Å². The summed E-state index contributed by atoms with van der Waals surface area (Å²) in [6.45, 7) is 2.32. The standard InChI is InChI=1S/C12H14N4O2/c1-2-13-11(17)8-14-12(18)10-7-9-5-3-4-6-16(9)15-10/h3-7H,2,8H2,1H3,(H,13,17)(H,14,18). The number of carbonyl (C=O) groups excluding carboxylic acids is 2. The fourth-order valence-corrected chi connectivity index (χ4v) is 1.56. The molecule has 6 heteroatoms. The summed E-state index contributed by atoms with van der Waals surface area (Å²) in [6.07, 6.45) is 1.76. The maximum Gasteiger partial charge on any atom is 0.272 e. The Bertz CT molecular complexity index is 543. The third-order valence-corrected chi connectivity index (χ3v) is 2.39. The van der Waals surface area contributed by atoms with Crippen LogP contribution in [-0.2, 0) is 4.79 Å². The van der Waals surface area contributed by atoms with Crippen LogP contribution in [-0.4, -0.2) is 34.5 Å². The third-order valence-electron chi connectivity index (χ3n) is 2.39. The van der Waals surface area contributed by atoms with E-state index in [0.29, 0.717) is 12.2 Å². The van der Waals surface area contributed by atoms with Crippen LogP contribution in [0.2, 0.25) is 0 Å². The monoisotopic (exact) mass is 246 g/mol. The van der Waals surface area contributed by atoms with Crippen LogP contribution in [0.15, 0.2) is 30.5 Å². The summed E-state index contributed by atoms with van der Waals surface area (Å²) in [6, 6.07) is 7.23. The molecule has 2 amide bonds. The third kappa shape index (κ3) is 2.65. The Balaban J connectivity index is 2.02. The van der Waals surface area contributed by atoms with Crippen molar-refractivity contribution in [3.8, 4) is 0 Å². The van der Waals surface area contributed by atoms with Crippen LogP contribution >= 0.6 is 0 Å². The van der Waals surface area contributed by atoms with Gasteiger partial charge in [-0.05, 0) is 25.1 Å². The zero-order chi connectivity index (χ0) is 13.0. The minimum atomic E-state index is -0.357. The molecular formula is C12H14N4O2. The first-order valence-corrected chi connectivity index (χ1v) is 5.70. The van der Waals surface area contributed by atoms with Crippen LogP contribution < -0.4 is 10.6 Å². The maximum absolute atomic E-state index is 11.8. The number of fused-ring (bicyclic) bond motifs is 1. The number of likely N-dealkylation sites (N-methyl/N-ethyl adjacent to an activating group) is 1. The van der Waals surface area contributed by atoms with Gasteiger partial charge in [0.2, 0.25) is 5.91 Å². The van der Waals surface area contributed by atoms with Crippen molar-refractivity contribution in [2.75, 3.05) is 13.1 Å². The zero-order valence-electron chi connectivity index (χ0n) is 10.0. The van der Waals surface area contributed by atoms with Crippen molar-refractivity contribution in [1.29, 1.82) is 0 Å². The molecule has 0 saturated carbocycles. The number of pyridine rings is 1. The van der Waals surface area contributed by atoms with Gasteiger partial charge in [-0.25, -0.2) is 4.52 Å². The van der Waals surface area contributed by atoms with Gasteiger partial charge in [0, 0.05) is 12.7 Å². The van der Waals surface area contributed by atoms with E-state index in [4.69, 9.17) is 0 Å². The quantitative estimate of drug-likeness (QED) is 0.809. The van der Waals surface area contributed by atoms with E-state index in [2.05, 4.69) is 15.7 Å². The molecule has 2 rings (SSSR count). The van der Waals surface area contributed by atoms with E-state index < -0.39 is 0 Å². The number of nitrogens with one attached hydrogen (secondary N) is 2. The molecule has 0 aromatic carbocycles. The highest BCUT2D eigenvalue weighted by Gasteiger charge is 2.11. The van der Waals surface area contributed by atoms with Crippen molar-refractivity contribution in [2.45, 2.75) is 6.92 Å². The largest absolute Gasteiger partial charge is 0.355 e. The van der Waals surface area contributed by atoms with E-state index >= 15 is 0 Å². The molecule has 6 nitrogen and oxygen atoms in total. The second kappa shape index (κ2) is 5.31. The number of aromatic nitrogens is 2. The number of hydrogen-bond acceptors (Lipinski definition) is 3. The number of amides is 2. The minimum absolute atomic E-state index is 0.0411. The van der Waals surface area contributed by atoms with Gasteiger partial charge in [0.1, 0.15) is 0 Å². The topological polar surface area (TPSA) is 75.5 Å². The van der Waals surface area contributed by atoms with Crippen molar-refractivity contribution >= 4 is 17.3 Å². The molecule has 2 heterocycles. The normalized spacial score (nSPS) is 10.3. The van der Waals surface area contributed by atoms with E-state index in [1.54, 1.807) is 16.8 Å². The second-order valence-electron chi connectivity index (χ2n) is 3.74. The molecule has 0 unspecified atom stereocenters. The van der Waals surface area contributed by atoms with E-state index in [0.717, 1.165) is 5.52 Å². The van der Waals surface area contributed by atoms with Gasteiger partial charge in [-0.15, -0.1) is 0 Å². The molecule has 0 bridgehead atoms. The second-order valence-corrected chi connectivity index (χ2v) is 3.74. The lowest BCUT2D eigenvalue weighted by Gasteiger charge is -2.02. The molecule has 18 heavy (non-hydrogen) atoms. The lowest BCUT2D eigenvalue weighted by atomic mass is 10.3. The highest BCUT2D eigenvalue weighted by molar-refractivity contribution is 5.95. The summed E-state index contributed by atoms with van der Waals surface area (Å²) in [5, 5.41) is 9.23. The van der Waals surface area contributed by atoms with Gasteiger partial charge >= 0.3 is 0 Å². The molecule has 2 aromatic heterocycles. The molecule has 2 aromatic rings. The lowest BCUT2D eigenvalue weighted by molar-refractivity contribution is -0.120. The maximum atomic E-state index is 11.8. The molecule has 0 aliphatic carbocycles. The Kier molecular flexibility index (Phi) is 3.57. The van der Waals surface area contributed by atoms with Gasteiger partial charge in [0.05, 0.1) is 12.1 Å². The summed E-state index contributed by atoms with van der Waals surface area (Å²) >= 11 is 0. The fourth-order valence-electron chi connectivity index (χ4n) is 1.56. The number of hydrogen-bond donors (Lipinski definition) is 2. The number of rotatable bonds is 4. The molecule has 0 aliphatic heterocycles. The van der Waals surface area contributed by atoms with Crippen LogP contribution in [0.3, 0.4) is 0 Å². The van der Waals surface area contributed by atoms with Crippen molar-refractivity contribution in [3.05, 3.63) is 36.2 Å². The summed E-state index contributed by atoms with van der Waals surface area (Å²) in [5.41, 5.74) is 1.13. The molecule has 2 N–H and O–H groups in total. The smallest absolute Gasteiger partial charge is 0.272 e. The fraction of sp³-hybridized carbons (Fsp3) is 0.250. The Hall–Kier alpha value is -2.37. The first kappa shape index (κ1) is 12.1. The summed E-state index contributed by atoms with van der Waals surface area (Å²) in [5.74, 6) is -0.570. The predicted molar refractivity (Wildman–Crippen MR) is 66.2 cm³/mol. The zero-order valence-corrected chi connectivity index (χ0v) is 10.0. The average Bonchev–Trinajstić information content (AvgIpc) is 2.80. The highest BCUT2D eigenvalue weighted by Crippen LogP contribution is 2.05. The Morgan fingerprint density at radius 2 is 2.17 bits per heavy atom. The molecule has 0 atom stereocenters. The van der Waals surface area contributed by atoms with Crippen LogP contribution in [0.5, 0.6) is 0 Å². The highest BCUT2D eigenvalue weighted by atomic mass is 16.2. The van der Waals surface area contributed by atoms with Crippen LogP contribution in [0.1, 0.15) is 17.4 Å². The van der Waals surface area contributed by atoms with Crippen molar-refractivity contribution in [1.82, 2.24) is 20.2 Å². The van der Waals surface area contributed by atoms with Crippen LogP contribution in [0, 0.1) is 0 Å². The summed E-state index contributed by atoms with van der Waals surface area (Å²) in [7, 11) is 0. The molecule has 0 radical (unpaired) electrons.